The SMILES string of the molecule is CCN1C(=O)C(CCNc2cccc(NC(=O)CCN3CCCC3)c2)S/C1=C(/C#N)C(=O)NCC(C)C. The summed E-state index contributed by atoms with van der Waals surface area (Å²) in [6.45, 7) is 10.1. The summed E-state index contributed by atoms with van der Waals surface area (Å²) in [6, 6.07) is 9.54. The molecule has 200 valence electrons. The molecular weight excluding hydrogens is 488 g/mol. The maximum Gasteiger partial charge on any atom is 0.264 e. The summed E-state index contributed by atoms with van der Waals surface area (Å²) in [5.74, 6) is -0.271. The van der Waals surface area contributed by atoms with Crippen molar-refractivity contribution in [2.75, 3.05) is 49.9 Å². The summed E-state index contributed by atoms with van der Waals surface area (Å²) in [7, 11) is 0. The van der Waals surface area contributed by atoms with Crippen LogP contribution in [0.25, 0.3) is 0 Å². The lowest BCUT2D eigenvalue weighted by molar-refractivity contribution is -0.127. The van der Waals surface area contributed by atoms with Gasteiger partial charge in [0, 0.05) is 44.0 Å². The zero-order valence-electron chi connectivity index (χ0n) is 22.0. The number of carbonyl (C=O) groups is 3. The Balaban J connectivity index is 1.53. The highest BCUT2D eigenvalue weighted by atomic mass is 32.2. The molecule has 0 radical (unpaired) electrons. The molecule has 0 bridgehead atoms. The maximum absolute atomic E-state index is 13.0. The molecule has 3 N–H and O–H groups in total. The van der Waals surface area contributed by atoms with Gasteiger partial charge in [0.1, 0.15) is 16.7 Å². The van der Waals surface area contributed by atoms with E-state index in [0.29, 0.717) is 37.5 Å². The van der Waals surface area contributed by atoms with E-state index < -0.39 is 5.91 Å². The lowest BCUT2D eigenvalue weighted by atomic mass is 10.2. The topological polar surface area (TPSA) is 118 Å². The van der Waals surface area contributed by atoms with Gasteiger partial charge in [-0.15, -0.1) is 0 Å². The van der Waals surface area contributed by atoms with E-state index >= 15 is 0 Å². The minimum absolute atomic E-state index is 0.00158. The molecular formula is C27H38N6O3S. The van der Waals surface area contributed by atoms with Crippen molar-refractivity contribution in [2.24, 2.45) is 5.92 Å². The van der Waals surface area contributed by atoms with Crippen molar-refractivity contribution >= 4 is 40.9 Å². The van der Waals surface area contributed by atoms with E-state index in [1.165, 1.54) is 29.5 Å². The third kappa shape index (κ3) is 8.23. The summed E-state index contributed by atoms with van der Waals surface area (Å²) in [5, 5.41) is 18.8. The number of hydrogen-bond acceptors (Lipinski definition) is 7. The van der Waals surface area contributed by atoms with E-state index in [4.69, 9.17) is 0 Å². The van der Waals surface area contributed by atoms with Crippen molar-refractivity contribution in [3.8, 4) is 6.07 Å². The highest BCUT2D eigenvalue weighted by Gasteiger charge is 2.38. The average Bonchev–Trinajstić information content (AvgIpc) is 3.50. The van der Waals surface area contributed by atoms with E-state index in [1.807, 2.05) is 51.1 Å². The Morgan fingerprint density at radius 1 is 1.22 bits per heavy atom. The van der Waals surface area contributed by atoms with Gasteiger partial charge in [0.15, 0.2) is 0 Å². The fraction of sp³-hybridized carbons (Fsp3) is 0.556. The predicted molar refractivity (Wildman–Crippen MR) is 148 cm³/mol. The van der Waals surface area contributed by atoms with Gasteiger partial charge in [0.25, 0.3) is 5.91 Å². The zero-order valence-corrected chi connectivity index (χ0v) is 22.8. The number of anilines is 2. The van der Waals surface area contributed by atoms with Gasteiger partial charge in [0.2, 0.25) is 11.8 Å². The Kier molecular flexibility index (Phi) is 10.8. The van der Waals surface area contributed by atoms with Crippen LogP contribution in [0.3, 0.4) is 0 Å². The third-order valence-electron chi connectivity index (χ3n) is 6.32. The van der Waals surface area contributed by atoms with Gasteiger partial charge in [-0.2, -0.15) is 5.26 Å². The number of hydrogen-bond donors (Lipinski definition) is 3. The molecule has 2 heterocycles. The predicted octanol–water partition coefficient (Wildman–Crippen LogP) is 3.38. The number of nitrogens with zero attached hydrogens (tertiary/aromatic N) is 3. The van der Waals surface area contributed by atoms with Crippen LogP contribution in [0.1, 0.15) is 46.5 Å². The van der Waals surface area contributed by atoms with Crippen LogP contribution in [-0.2, 0) is 14.4 Å². The highest BCUT2D eigenvalue weighted by Crippen LogP contribution is 2.38. The minimum Gasteiger partial charge on any atom is -0.385 e. The van der Waals surface area contributed by atoms with E-state index in [0.717, 1.165) is 31.0 Å². The van der Waals surface area contributed by atoms with Crippen LogP contribution < -0.4 is 16.0 Å². The molecule has 2 saturated heterocycles. The summed E-state index contributed by atoms with van der Waals surface area (Å²) in [6.07, 6.45) is 3.42. The van der Waals surface area contributed by atoms with Gasteiger partial charge in [-0.05, 0) is 63.4 Å². The monoisotopic (exact) mass is 526 g/mol. The Morgan fingerprint density at radius 2 is 1.95 bits per heavy atom. The summed E-state index contributed by atoms with van der Waals surface area (Å²) in [5.41, 5.74) is 1.57. The van der Waals surface area contributed by atoms with Crippen molar-refractivity contribution in [1.82, 2.24) is 15.1 Å². The van der Waals surface area contributed by atoms with Crippen LogP contribution in [0.4, 0.5) is 11.4 Å². The Hall–Kier alpha value is -3.03. The molecule has 2 aliphatic heterocycles. The van der Waals surface area contributed by atoms with Gasteiger partial charge in [-0.1, -0.05) is 31.7 Å². The smallest absolute Gasteiger partial charge is 0.264 e. The van der Waals surface area contributed by atoms with Crippen molar-refractivity contribution in [3.63, 3.8) is 0 Å². The molecule has 1 aromatic rings. The molecule has 1 aromatic carbocycles. The number of carbonyl (C=O) groups excluding carboxylic acids is 3. The average molecular weight is 527 g/mol. The number of benzene rings is 1. The number of likely N-dealkylation sites (tertiary alicyclic amines) is 1. The van der Waals surface area contributed by atoms with E-state index in [9.17, 15) is 19.6 Å². The summed E-state index contributed by atoms with van der Waals surface area (Å²) >= 11 is 1.28. The second-order valence-corrected chi connectivity index (χ2v) is 10.9. The first-order valence-electron chi connectivity index (χ1n) is 13.1. The molecule has 3 amide bonds. The largest absolute Gasteiger partial charge is 0.385 e. The number of thioether (sulfide) groups is 1. The Labute approximate surface area is 224 Å². The van der Waals surface area contributed by atoms with Gasteiger partial charge < -0.3 is 25.8 Å². The first-order valence-corrected chi connectivity index (χ1v) is 14.0. The lowest BCUT2D eigenvalue weighted by Gasteiger charge is -2.16. The minimum atomic E-state index is -0.442. The van der Waals surface area contributed by atoms with Crippen molar-refractivity contribution in [2.45, 2.75) is 51.7 Å². The standard InChI is InChI=1S/C27H38N6O3S/c1-4-33-26(36)23(37-27(33)22(17-28)25(35)30-18-19(2)3)10-12-29-20-8-7-9-21(16-20)31-24(34)11-15-32-13-5-6-14-32/h7-9,16,19,23,29H,4-6,10-15,18H2,1-3H3,(H,30,35)(H,31,34)/b27-22-. The summed E-state index contributed by atoms with van der Waals surface area (Å²) < 4.78 is 0. The van der Waals surface area contributed by atoms with Crippen molar-refractivity contribution in [3.05, 3.63) is 34.9 Å². The molecule has 9 nitrogen and oxygen atoms in total. The molecule has 2 aliphatic rings. The second kappa shape index (κ2) is 14.1. The van der Waals surface area contributed by atoms with Crippen LogP contribution >= 0.6 is 11.8 Å². The molecule has 0 aromatic heterocycles. The molecule has 3 rings (SSSR count). The first kappa shape index (κ1) is 28.5. The first-order chi connectivity index (χ1) is 17.8. The van der Waals surface area contributed by atoms with E-state index in [-0.39, 0.29) is 28.6 Å². The molecule has 1 unspecified atom stereocenters. The fourth-order valence-electron chi connectivity index (χ4n) is 4.32. The lowest BCUT2D eigenvalue weighted by Crippen LogP contribution is -2.32. The summed E-state index contributed by atoms with van der Waals surface area (Å²) in [4.78, 5) is 41.7. The van der Waals surface area contributed by atoms with Crippen LogP contribution in [0.15, 0.2) is 34.9 Å². The van der Waals surface area contributed by atoms with E-state index in [1.54, 1.807) is 0 Å². The molecule has 10 heteroatoms. The molecule has 37 heavy (non-hydrogen) atoms. The van der Waals surface area contributed by atoms with Crippen molar-refractivity contribution < 1.29 is 14.4 Å². The number of amides is 3. The maximum atomic E-state index is 13.0. The van der Waals surface area contributed by atoms with Gasteiger partial charge >= 0.3 is 0 Å². The molecule has 2 fully saturated rings. The molecule has 1 atom stereocenters. The van der Waals surface area contributed by atoms with E-state index in [2.05, 4.69) is 20.9 Å². The van der Waals surface area contributed by atoms with Crippen LogP contribution in [0, 0.1) is 17.2 Å². The normalized spacial score (nSPS) is 19.2. The van der Waals surface area contributed by atoms with Gasteiger partial charge in [0.05, 0.1) is 5.25 Å². The zero-order chi connectivity index (χ0) is 26.8. The third-order valence-corrected chi connectivity index (χ3v) is 7.69. The van der Waals surface area contributed by atoms with Gasteiger partial charge in [-0.25, -0.2) is 0 Å². The molecule has 0 saturated carbocycles. The number of nitriles is 1. The van der Waals surface area contributed by atoms with Crippen molar-refractivity contribution in [1.29, 1.82) is 5.26 Å². The number of nitrogens with one attached hydrogen (secondary N) is 3. The fourth-order valence-corrected chi connectivity index (χ4v) is 5.66. The van der Waals surface area contributed by atoms with Crippen LogP contribution in [-0.4, -0.2) is 72.0 Å². The molecule has 0 spiro atoms. The van der Waals surface area contributed by atoms with Crippen LogP contribution in [0.5, 0.6) is 0 Å². The Morgan fingerprint density at radius 3 is 2.62 bits per heavy atom. The quantitative estimate of drug-likeness (QED) is 0.282. The second-order valence-electron chi connectivity index (χ2n) is 9.73. The van der Waals surface area contributed by atoms with Gasteiger partial charge in [-0.3, -0.25) is 14.4 Å². The highest BCUT2D eigenvalue weighted by molar-refractivity contribution is 8.04. The molecule has 0 aliphatic carbocycles. The van der Waals surface area contributed by atoms with Crippen LogP contribution in [0.2, 0.25) is 0 Å². The Bertz CT molecular complexity index is 1040. The number of rotatable bonds is 12.